The highest BCUT2D eigenvalue weighted by Gasteiger charge is 2.53. The average molecular weight is 295 g/mol. The van der Waals surface area contributed by atoms with Gasteiger partial charge in [0.15, 0.2) is 0 Å². The summed E-state index contributed by atoms with van der Waals surface area (Å²) in [6.45, 7) is 0.656. The predicted octanol–water partition coefficient (Wildman–Crippen LogP) is 3.50. The molecule has 22 heavy (non-hydrogen) atoms. The van der Waals surface area contributed by atoms with Gasteiger partial charge in [0.05, 0.1) is 11.1 Å². The van der Waals surface area contributed by atoms with Crippen molar-refractivity contribution in [2.75, 3.05) is 6.54 Å². The van der Waals surface area contributed by atoms with Crippen LogP contribution in [0.5, 0.6) is 0 Å². The molecule has 4 bridgehead atoms. The summed E-state index contributed by atoms with van der Waals surface area (Å²) < 4.78 is 0. The third-order valence-corrected chi connectivity index (χ3v) is 6.54. The fourth-order valence-corrected chi connectivity index (χ4v) is 6.20. The number of fused-ring (bicyclic) bond motifs is 1. The van der Waals surface area contributed by atoms with Crippen molar-refractivity contribution in [1.29, 1.82) is 0 Å². The summed E-state index contributed by atoms with van der Waals surface area (Å²) in [5.74, 6) is 2.40. The molecule has 4 fully saturated rings. The molecule has 4 saturated carbocycles. The van der Waals surface area contributed by atoms with Crippen LogP contribution in [0, 0.1) is 23.2 Å². The van der Waals surface area contributed by atoms with Crippen LogP contribution in [0.15, 0.2) is 24.3 Å². The van der Waals surface area contributed by atoms with Crippen LogP contribution in [0.25, 0.3) is 0 Å². The molecular weight excluding hydrogens is 274 g/mol. The molecule has 0 atom stereocenters. The first kappa shape index (κ1) is 12.9. The van der Waals surface area contributed by atoms with Crippen LogP contribution in [0.1, 0.15) is 59.2 Å². The summed E-state index contributed by atoms with van der Waals surface area (Å²) >= 11 is 0. The third-order valence-electron chi connectivity index (χ3n) is 6.54. The van der Waals surface area contributed by atoms with Gasteiger partial charge in [-0.25, -0.2) is 0 Å². The van der Waals surface area contributed by atoms with E-state index in [9.17, 15) is 9.59 Å². The normalized spacial score (nSPS) is 38.7. The number of benzene rings is 1. The van der Waals surface area contributed by atoms with Crippen LogP contribution in [0.3, 0.4) is 0 Å². The highest BCUT2D eigenvalue weighted by Crippen LogP contribution is 2.60. The van der Waals surface area contributed by atoms with Crippen LogP contribution < -0.4 is 0 Å². The largest absolute Gasteiger partial charge is 0.274 e. The molecule has 0 radical (unpaired) electrons. The van der Waals surface area contributed by atoms with Crippen molar-refractivity contribution in [2.24, 2.45) is 23.2 Å². The minimum Gasteiger partial charge on any atom is -0.274 e. The first-order chi connectivity index (χ1) is 10.6. The molecule has 1 aromatic rings. The number of carbonyl (C=O) groups excluding carboxylic acids is 2. The van der Waals surface area contributed by atoms with E-state index in [-0.39, 0.29) is 17.2 Å². The van der Waals surface area contributed by atoms with E-state index in [2.05, 4.69) is 0 Å². The van der Waals surface area contributed by atoms with Crippen LogP contribution in [0.4, 0.5) is 0 Å². The van der Waals surface area contributed by atoms with Gasteiger partial charge in [-0.1, -0.05) is 12.1 Å². The topological polar surface area (TPSA) is 37.4 Å². The molecule has 0 unspecified atom stereocenters. The lowest BCUT2D eigenvalue weighted by Crippen LogP contribution is -2.52. The van der Waals surface area contributed by atoms with Gasteiger partial charge in [0.2, 0.25) is 0 Å². The predicted molar refractivity (Wildman–Crippen MR) is 82.4 cm³/mol. The smallest absolute Gasteiger partial charge is 0.261 e. The molecule has 0 saturated heterocycles. The second-order valence-electron chi connectivity index (χ2n) is 8.16. The molecule has 2 amide bonds. The molecule has 3 heteroatoms. The van der Waals surface area contributed by atoms with E-state index in [1.807, 2.05) is 12.1 Å². The Hall–Kier alpha value is -1.64. The molecule has 4 aliphatic carbocycles. The third kappa shape index (κ3) is 1.68. The summed E-state index contributed by atoms with van der Waals surface area (Å²) in [5.41, 5.74) is 1.41. The number of hydrogen-bond donors (Lipinski definition) is 0. The van der Waals surface area contributed by atoms with Crippen molar-refractivity contribution in [3.8, 4) is 0 Å². The van der Waals surface area contributed by atoms with Crippen LogP contribution in [-0.2, 0) is 0 Å². The Balaban J connectivity index is 1.45. The maximum absolute atomic E-state index is 12.6. The lowest BCUT2D eigenvalue weighted by atomic mass is 9.49. The fourth-order valence-electron chi connectivity index (χ4n) is 6.20. The first-order valence-electron chi connectivity index (χ1n) is 8.59. The van der Waals surface area contributed by atoms with Gasteiger partial charge in [-0.05, 0) is 73.8 Å². The van der Waals surface area contributed by atoms with Gasteiger partial charge in [-0.2, -0.15) is 0 Å². The van der Waals surface area contributed by atoms with E-state index in [0.29, 0.717) is 17.7 Å². The van der Waals surface area contributed by atoms with E-state index in [0.717, 1.165) is 17.8 Å². The Morgan fingerprint density at radius 1 is 0.864 bits per heavy atom. The van der Waals surface area contributed by atoms with Gasteiger partial charge in [-0.3, -0.25) is 14.5 Å². The summed E-state index contributed by atoms with van der Waals surface area (Å²) in [4.78, 5) is 26.8. The van der Waals surface area contributed by atoms with Crippen molar-refractivity contribution >= 4 is 11.8 Å². The van der Waals surface area contributed by atoms with Gasteiger partial charge >= 0.3 is 0 Å². The fraction of sp³-hybridized carbons (Fsp3) is 0.579. The molecular formula is C19H21NO2. The van der Waals surface area contributed by atoms with E-state index < -0.39 is 0 Å². The zero-order chi connectivity index (χ0) is 14.9. The van der Waals surface area contributed by atoms with Crippen LogP contribution >= 0.6 is 0 Å². The lowest BCUT2D eigenvalue weighted by molar-refractivity contribution is -0.0618. The Bertz CT molecular complexity index is 607. The number of nitrogens with zero attached hydrogens (tertiary/aromatic N) is 1. The van der Waals surface area contributed by atoms with E-state index in [1.54, 1.807) is 17.0 Å². The second-order valence-corrected chi connectivity index (χ2v) is 8.16. The van der Waals surface area contributed by atoms with Crippen molar-refractivity contribution < 1.29 is 9.59 Å². The molecule has 5 aliphatic rings. The number of amides is 2. The lowest BCUT2D eigenvalue weighted by Gasteiger charge is -2.57. The molecule has 114 valence electrons. The Labute approximate surface area is 130 Å². The maximum atomic E-state index is 12.6. The molecule has 1 heterocycles. The number of imide groups is 1. The Kier molecular flexibility index (Phi) is 2.46. The SMILES string of the molecule is O=C1c2ccccc2C(=O)N1CC12CC3CC(CC(C3)C1)C2. The van der Waals surface area contributed by atoms with Crippen LogP contribution in [0.2, 0.25) is 0 Å². The van der Waals surface area contributed by atoms with Gasteiger partial charge < -0.3 is 0 Å². The maximum Gasteiger partial charge on any atom is 0.261 e. The first-order valence-corrected chi connectivity index (χ1v) is 8.59. The summed E-state index contributed by atoms with van der Waals surface area (Å²) in [6, 6.07) is 7.26. The van der Waals surface area contributed by atoms with Crippen molar-refractivity contribution in [2.45, 2.75) is 38.5 Å². The summed E-state index contributed by atoms with van der Waals surface area (Å²) in [5, 5.41) is 0. The molecule has 1 aliphatic heterocycles. The monoisotopic (exact) mass is 295 g/mol. The van der Waals surface area contributed by atoms with E-state index >= 15 is 0 Å². The number of carbonyl (C=O) groups is 2. The summed E-state index contributed by atoms with van der Waals surface area (Å²) in [7, 11) is 0. The van der Waals surface area contributed by atoms with Crippen molar-refractivity contribution in [3.63, 3.8) is 0 Å². The van der Waals surface area contributed by atoms with E-state index in [1.165, 1.54) is 38.5 Å². The van der Waals surface area contributed by atoms with Gasteiger partial charge in [0, 0.05) is 6.54 Å². The average Bonchev–Trinajstić information content (AvgIpc) is 2.71. The Morgan fingerprint density at radius 3 is 1.77 bits per heavy atom. The molecule has 6 rings (SSSR count). The van der Waals surface area contributed by atoms with Gasteiger partial charge in [0.25, 0.3) is 11.8 Å². The highest BCUT2D eigenvalue weighted by atomic mass is 16.2. The molecule has 0 spiro atoms. The van der Waals surface area contributed by atoms with E-state index in [4.69, 9.17) is 0 Å². The minimum atomic E-state index is -0.0728. The molecule has 3 nitrogen and oxygen atoms in total. The Morgan fingerprint density at radius 2 is 1.32 bits per heavy atom. The number of rotatable bonds is 2. The number of hydrogen-bond acceptors (Lipinski definition) is 2. The second kappa shape index (κ2) is 4.21. The molecule has 0 N–H and O–H groups in total. The standard InChI is InChI=1S/C19H21NO2/c21-17-15-3-1-2-4-16(15)18(22)20(17)11-19-8-12-5-13(9-19)7-14(6-12)10-19/h1-4,12-14H,5-11H2. The van der Waals surface area contributed by atoms with Gasteiger partial charge in [0.1, 0.15) is 0 Å². The quantitative estimate of drug-likeness (QED) is 0.783. The highest BCUT2D eigenvalue weighted by molar-refractivity contribution is 6.21. The molecule has 1 aromatic carbocycles. The van der Waals surface area contributed by atoms with Gasteiger partial charge in [-0.15, -0.1) is 0 Å². The summed E-state index contributed by atoms with van der Waals surface area (Å²) in [6.07, 6.45) is 7.86. The zero-order valence-corrected chi connectivity index (χ0v) is 12.8. The van der Waals surface area contributed by atoms with Crippen molar-refractivity contribution in [3.05, 3.63) is 35.4 Å². The minimum absolute atomic E-state index is 0.0728. The molecule has 0 aromatic heterocycles. The zero-order valence-electron chi connectivity index (χ0n) is 12.8. The van der Waals surface area contributed by atoms with Crippen molar-refractivity contribution in [1.82, 2.24) is 4.90 Å². The van der Waals surface area contributed by atoms with Crippen LogP contribution in [-0.4, -0.2) is 23.3 Å².